The molecule has 1 nitrogen and oxygen atoms in total. The van der Waals surface area contributed by atoms with Crippen molar-refractivity contribution < 1.29 is 4.79 Å². The second kappa shape index (κ2) is 5.10. The van der Waals surface area contributed by atoms with E-state index in [0.717, 1.165) is 25.9 Å². The maximum absolute atomic E-state index is 11.3. The Bertz CT molecular complexity index is 620. The van der Waals surface area contributed by atoms with Gasteiger partial charge in [0.25, 0.3) is 0 Å². The van der Waals surface area contributed by atoms with Gasteiger partial charge in [0.1, 0.15) is 0 Å². The van der Waals surface area contributed by atoms with Crippen molar-refractivity contribution in [2.24, 2.45) is 0 Å². The lowest BCUT2D eigenvalue weighted by molar-refractivity contribution is 0.102. The summed E-state index contributed by atoms with van der Waals surface area (Å²) >= 11 is 7.88. The van der Waals surface area contributed by atoms with E-state index < -0.39 is 0 Å². The third-order valence-electron chi connectivity index (χ3n) is 3.01. The Morgan fingerprint density at radius 2 is 1.84 bits per heavy atom. The van der Waals surface area contributed by atoms with Crippen LogP contribution in [-0.4, -0.2) is 5.78 Å². The minimum absolute atomic E-state index is 0.0373. The van der Waals surface area contributed by atoms with Gasteiger partial charge >= 0.3 is 0 Å². The van der Waals surface area contributed by atoms with Crippen molar-refractivity contribution in [3.05, 3.63) is 45.8 Å². The van der Waals surface area contributed by atoms with Gasteiger partial charge in [0.05, 0.1) is 4.88 Å². The molecular formula is C16H17ClOS. The Kier molecular flexibility index (Phi) is 3.84. The van der Waals surface area contributed by atoms with E-state index in [1.165, 1.54) is 11.3 Å². The molecule has 1 aromatic carbocycles. The molecule has 0 saturated carbocycles. The van der Waals surface area contributed by atoms with Gasteiger partial charge in [0, 0.05) is 9.90 Å². The number of halogens is 1. The highest BCUT2D eigenvalue weighted by Crippen LogP contribution is 2.35. The van der Waals surface area contributed by atoms with E-state index in [4.69, 9.17) is 11.6 Å². The van der Waals surface area contributed by atoms with Crippen molar-refractivity contribution >= 4 is 28.7 Å². The van der Waals surface area contributed by atoms with E-state index in [1.54, 1.807) is 6.92 Å². The molecule has 0 aliphatic carbocycles. The van der Waals surface area contributed by atoms with Crippen LogP contribution in [0.3, 0.4) is 0 Å². The van der Waals surface area contributed by atoms with E-state index in [9.17, 15) is 4.79 Å². The minimum atomic E-state index is 0.0373. The molecule has 0 N–H and O–H groups in total. The largest absolute Gasteiger partial charge is 0.294 e. The van der Waals surface area contributed by atoms with Gasteiger partial charge in [-0.15, -0.1) is 11.3 Å². The average Bonchev–Trinajstić information content (AvgIpc) is 2.76. The number of ketones is 1. The molecule has 2 rings (SSSR count). The number of hydrogen-bond donors (Lipinski definition) is 0. The van der Waals surface area contributed by atoms with Crippen LogP contribution in [0.4, 0.5) is 0 Å². The van der Waals surface area contributed by atoms with E-state index in [2.05, 4.69) is 32.9 Å². The molecular weight excluding hydrogens is 276 g/mol. The Hall–Kier alpha value is -1.12. The predicted molar refractivity (Wildman–Crippen MR) is 83.5 cm³/mol. The smallest absolute Gasteiger partial charge is 0.169 e. The standard InChI is InChI=1S/C16H17ClOS/c1-10(18)14-7-8-15(19-14)11-5-6-12(13(17)9-11)16(2,3)4/h5-9H,1-4H3. The average molecular weight is 293 g/mol. The van der Waals surface area contributed by atoms with E-state index >= 15 is 0 Å². The molecule has 19 heavy (non-hydrogen) atoms. The summed E-state index contributed by atoms with van der Waals surface area (Å²) < 4.78 is 0. The molecule has 0 amide bonds. The second-order valence-electron chi connectivity index (χ2n) is 5.66. The zero-order valence-corrected chi connectivity index (χ0v) is 13.2. The number of carbonyl (C=O) groups is 1. The lowest BCUT2D eigenvalue weighted by atomic mass is 9.86. The van der Waals surface area contributed by atoms with E-state index in [-0.39, 0.29) is 11.2 Å². The van der Waals surface area contributed by atoms with Gasteiger partial charge in [-0.05, 0) is 41.7 Å². The molecule has 0 aliphatic rings. The molecule has 100 valence electrons. The summed E-state index contributed by atoms with van der Waals surface area (Å²) in [4.78, 5) is 13.2. The van der Waals surface area contributed by atoms with Crippen molar-refractivity contribution in [2.75, 3.05) is 0 Å². The molecule has 3 heteroatoms. The molecule has 0 aliphatic heterocycles. The van der Waals surface area contributed by atoms with Crippen molar-refractivity contribution in [1.82, 2.24) is 0 Å². The number of benzene rings is 1. The highest BCUT2D eigenvalue weighted by molar-refractivity contribution is 7.17. The van der Waals surface area contributed by atoms with Crippen LogP contribution in [0.25, 0.3) is 10.4 Å². The first-order valence-corrected chi connectivity index (χ1v) is 7.39. The van der Waals surface area contributed by atoms with E-state index in [0.29, 0.717) is 0 Å². The molecule has 2 aromatic rings. The molecule has 0 radical (unpaired) electrons. The van der Waals surface area contributed by atoms with Gasteiger partial charge in [-0.25, -0.2) is 0 Å². The van der Waals surface area contributed by atoms with Gasteiger partial charge in [0.15, 0.2) is 5.78 Å². The second-order valence-corrected chi connectivity index (χ2v) is 7.16. The molecule has 1 aromatic heterocycles. The molecule has 0 saturated heterocycles. The van der Waals surface area contributed by atoms with Crippen LogP contribution in [0.15, 0.2) is 30.3 Å². The van der Waals surface area contributed by atoms with Crippen molar-refractivity contribution in [3.8, 4) is 10.4 Å². The van der Waals surface area contributed by atoms with Crippen molar-refractivity contribution in [3.63, 3.8) is 0 Å². The van der Waals surface area contributed by atoms with Crippen molar-refractivity contribution in [1.29, 1.82) is 0 Å². The highest BCUT2D eigenvalue weighted by atomic mass is 35.5. The Balaban J connectivity index is 2.41. The Labute approximate surface area is 123 Å². The summed E-state index contributed by atoms with van der Waals surface area (Å²) in [5.74, 6) is 0.105. The highest BCUT2D eigenvalue weighted by Gasteiger charge is 2.18. The fraction of sp³-hybridized carbons (Fsp3) is 0.312. The van der Waals surface area contributed by atoms with Gasteiger partial charge in [-0.2, -0.15) is 0 Å². The lowest BCUT2D eigenvalue weighted by Crippen LogP contribution is -2.11. The van der Waals surface area contributed by atoms with Crippen LogP contribution >= 0.6 is 22.9 Å². The number of carbonyl (C=O) groups excluding carboxylic acids is 1. The third kappa shape index (κ3) is 3.07. The quantitative estimate of drug-likeness (QED) is 0.661. The number of rotatable bonds is 2. The fourth-order valence-electron chi connectivity index (χ4n) is 1.96. The molecule has 0 unspecified atom stereocenters. The maximum atomic E-state index is 11.3. The zero-order valence-electron chi connectivity index (χ0n) is 11.6. The normalized spacial score (nSPS) is 11.6. The summed E-state index contributed by atoms with van der Waals surface area (Å²) in [5.41, 5.74) is 2.24. The van der Waals surface area contributed by atoms with Gasteiger partial charge < -0.3 is 0 Å². The first kappa shape index (κ1) is 14.3. The van der Waals surface area contributed by atoms with Crippen LogP contribution in [-0.2, 0) is 5.41 Å². The first-order valence-electron chi connectivity index (χ1n) is 6.20. The molecule has 0 spiro atoms. The van der Waals surface area contributed by atoms with Crippen LogP contribution in [0.1, 0.15) is 42.9 Å². The zero-order chi connectivity index (χ0) is 14.2. The summed E-state index contributed by atoms with van der Waals surface area (Å²) in [7, 11) is 0. The molecule has 1 heterocycles. The lowest BCUT2D eigenvalue weighted by Gasteiger charge is -2.20. The topological polar surface area (TPSA) is 17.1 Å². The summed E-state index contributed by atoms with van der Waals surface area (Å²) in [6, 6.07) is 9.97. The maximum Gasteiger partial charge on any atom is 0.169 e. The predicted octanol–water partition coefficient (Wildman–Crippen LogP) is 5.57. The van der Waals surface area contributed by atoms with Crippen LogP contribution in [0, 0.1) is 0 Å². The van der Waals surface area contributed by atoms with Gasteiger partial charge in [0.2, 0.25) is 0 Å². The number of thiophene rings is 1. The van der Waals surface area contributed by atoms with E-state index in [1.807, 2.05) is 18.2 Å². The SMILES string of the molecule is CC(=O)c1ccc(-c2ccc(C(C)(C)C)c(Cl)c2)s1. The monoisotopic (exact) mass is 292 g/mol. The third-order valence-corrected chi connectivity index (χ3v) is 4.56. The summed E-state index contributed by atoms with van der Waals surface area (Å²) in [5, 5.41) is 0.780. The van der Waals surface area contributed by atoms with Gasteiger partial charge in [-0.3, -0.25) is 4.79 Å². The first-order chi connectivity index (χ1) is 8.79. The Morgan fingerprint density at radius 3 is 2.32 bits per heavy atom. The van der Waals surface area contributed by atoms with Crippen LogP contribution in [0.2, 0.25) is 5.02 Å². The van der Waals surface area contributed by atoms with Gasteiger partial charge in [-0.1, -0.05) is 44.5 Å². The van der Waals surface area contributed by atoms with Crippen LogP contribution in [0.5, 0.6) is 0 Å². The molecule has 0 bridgehead atoms. The minimum Gasteiger partial charge on any atom is -0.294 e. The summed E-state index contributed by atoms with van der Waals surface area (Å²) in [6.07, 6.45) is 0. The number of hydrogen-bond acceptors (Lipinski definition) is 2. The number of Topliss-reactive ketones (excluding diaryl/α,β-unsaturated/α-hetero) is 1. The Morgan fingerprint density at radius 1 is 1.16 bits per heavy atom. The molecule has 0 fully saturated rings. The fourth-order valence-corrected chi connectivity index (χ4v) is 3.32. The summed E-state index contributed by atoms with van der Waals surface area (Å²) in [6.45, 7) is 8.03. The van der Waals surface area contributed by atoms with Crippen molar-refractivity contribution in [2.45, 2.75) is 33.1 Å². The van der Waals surface area contributed by atoms with Crippen LogP contribution < -0.4 is 0 Å². The molecule has 0 atom stereocenters.